The van der Waals surface area contributed by atoms with E-state index in [-0.39, 0.29) is 5.75 Å². The molecule has 1 saturated carbocycles. The molecule has 5 heteroatoms. The van der Waals surface area contributed by atoms with Crippen LogP contribution in [0.4, 0.5) is 13.2 Å². The molecule has 1 aromatic heterocycles. The van der Waals surface area contributed by atoms with Crippen LogP contribution in [-0.4, -0.2) is 11.3 Å². The van der Waals surface area contributed by atoms with E-state index in [1.165, 1.54) is 29.3 Å². The molecule has 2 aromatic rings. The van der Waals surface area contributed by atoms with E-state index in [1.54, 1.807) is 12.1 Å². The number of alkyl halides is 3. The lowest BCUT2D eigenvalue weighted by molar-refractivity contribution is -0.274. The van der Waals surface area contributed by atoms with Crippen LogP contribution < -0.4 is 4.74 Å². The minimum absolute atomic E-state index is 0.171. The van der Waals surface area contributed by atoms with Crippen molar-refractivity contribution in [2.45, 2.75) is 38.0 Å². The van der Waals surface area contributed by atoms with Gasteiger partial charge < -0.3 is 4.74 Å². The number of fused-ring (bicyclic) bond motifs is 1. The third-order valence-corrected chi connectivity index (χ3v) is 5.12. The largest absolute Gasteiger partial charge is 0.573 e. The Labute approximate surface area is 138 Å². The van der Waals surface area contributed by atoms with Gasteiger partial charge in [0.1, 0.15) is 5.75 Å². The molecule has 0 amide bonds. The number of nitrogens with zero attached hydrogens (tertiary/aromatic N) is 1. The van der Waals surface area contributed by atoms with Crippen LogP contribution in [0.2, 0.25) is 0 Å². The number of aryl methyl sites for hydroxylation is 1. The van der Waals surface area contributed by atoms with E-state index in [0.717, 1.165) is 31.2 Å². The van der Waals surface area contributed by atoms with Crippen LogP contribution in [0.25, 0.3) is 0 Å². The topological polar surface area (TPSA) is 22.1 Å². The van der Waals surface area contributed by atoms with Crippen LogP contribution in [0.3, 0.4) is 0 Å². The fourth-order valence-corrected chi connectivity index (χ4v) is 3.96. The maximum Gasteiger partial charge on any atom is 0.573 e. The van der Waals surface area contributed by atoms with Crippen LogP contribution in [0.15, 0.2) is 42.6 Å². The molecule has 0 spiro atoms. The summed E-state index contributed by atoms with van der Waals surface area (Å²) in [7, 11) is 0. The quantitative estimate of drug-likeness (QED) is 0.785. The highest BCUT2D eigenvalue weighted by atomic mass is 19.4. The van der Waals surface area contributed by atoms with E-state index in [4.69, 9.17) is 0 Å². The van der Waals surface area contributed by atoms with Gasteiger partial charge in [-0.1, -0.05) is 18.2 Å². The molecular formula is C19H17F3NO. The maximum atomic E-state index is 12.3. The van der Waals surface area contributed by atoms with Crippen LogP contribution >= 0.6 is 0 Å². The number of hydrogen-bond acceptors (Lipinski definition) is 2. The Morgan fingerprint density at radius 2 is 1.71 bits per heavy atom. The van der Waals surface area contributed by atoms with Gasteiger partial charge in [-0.15, -0.1) is 13.2 Å². The minimum atomic E-state index is -4.65. The van der Waals surface area contributed by atoms with Crippen molar-refractivity contribution in [3.05, 3.63) is 65.3 Å². The summed E-state index contributed by atoms with van der Waals surface area (Å²) < 4.78 is 40.7. The molecule has 1 fully saturated rings. The molecule has 125 valence electrons. The number of ether oxygens (including phenoxy) is 1. The molecule has 0 N–H and O–H groups in total. The van der Waals surface area contributed by atoms with Crippen molar-refractivity contribution >= 4 is 0 Å². The molecular weight excluding hydrogens is 315 g/mol. The first-order valence-electron chi connectivity index (χ1n) is 8.17. The highest BCUT2D eigenvalue weighted by molar-refractivity contribution is 5.42. The van der Waals surface area contributed by atoms with Crippen LogP contribution in [-0.2, 0) is 6.42 Å². The van der Waals surface area contributed by atoms with Crippen LogP contribution in [0.1, 0.15) is 42.0 Å². The van der Waals surface area contributed by atoms with E-state index in [0.29, 0.717) is 11.8 Å². The molecule has 0 aliphatic heterocycles. The van der Waals surface area contributed by atoms with Crippen molar-refractivity contribution in [3.8, 4) is 5.75 Å². The second-order valence-electron chi connectivity index (χ2n) is 6.44. The van der Waals surface area contributed by atoms with Crippen molar-refractivity contribution in [1.82, 2.24) is 4.98 Å². The molecule has 1 aromatic carbocycles. The highest BCUT2D eigenvalue weighted by Crippen LogP contribution is 2.52. The zero-order valence-corrected chi connectivity index (χ0v) is 13.0. The fourth-order valence-electron chi connectivity index (χ4n) is 3.96. The van der Waals surface area contributed by atoms with Gasteiger partial charge in [-0.2, -0.15) is 0 Å². The Balaban J connectivity index is 1.50. The van der Waals surface area contributed by atoms with Crippen LogP contribution in [0.5, 0.6) is 5.75 Å². The molecule has 1 radical (unpaired) electrons. The zero-order valence-electron chi connectivity index (χ0n) is 13.0. The second kappa shape index (κ2) is 5.80. The van der Waals surface area contributed by atoms with Gasteiger partial charge in [0, 0.05) is 23.7 Å². The van der Waals surface area contributed by atoms with Crippen molar-refractivity contribution in [2.24, 2.45) is 5.92 Å². The molecule has 2 nitrogen and oxygen atoms in total. The van der Waals surface area contributed by atoms with E-state index in [2.05, 4.69) is 15.8 Å². The van der Waals surface area contributed by atoms with Gasteiger partial charge >= 0.3 is 6.36 Å². The summed E-state index contributed by atoms with van der Waals surface area (Å²) in [6.45, 7) is 0. The average Bonchev–Trinajstić information content (AvgIpc) is 2.91. The Hall–Kier alpha value is -2.04. The van der Waals surface area contributed by atoms with Gasteiger partial charge in [-0.25, -0.2) is 0 Å². The Morgan fingerprint density at radius 3 is 2.38 bits per heavy atom. The first kappa shape index (κ1) is 15.5. The molecule has 4 rings (SSSR count). The van der Waals surface area contributed by atoms with Gasteiger partial charge in [0.25, 0.3) is 0 Å². The van der Waals surface area contributed by atoms with E-state index in [1.807, 2.05) is 12.3 Å². The van der Waals surface area contributed by atoms with E-state index >= 15 is 0 Å². The standard InChI is InChI=1S/C19H17F3NO/c20-19(21,22)24-14-6-3-12(4-7-14)15-9-10-16(15)17-8-5-13-2-1-11-23-18(13)17/h1-4,6-7,11,16-17H,5,8-10H2. The number of hydrogen-bond donors (Lipinski definition) is 0. The molecule has 2 unspecified atom stereocenters. The molecule has 2 atom stereocenters. The summed E-state index contributed by atoms with van der Waals surface area (Å²) in [4.78, 5) is 4.57. The maximum absolute atomic E-state index is 12.3. The third kappa shape index (κ3) is 2.87. The van der Waals surface area contributed by atoms with Crippen molar-refractivity contribution in [1.29, 1.82) is 0 Å². The predicted molar refractivity (Wildman–Crippen MR) is 83.5 cm³/mol. The summed E-state index contributed by atoms with van der Waals surface area (Å²) in [5, 5.41) is 0. The van der Waals surface area contributed by atoms with E-state index < -0.39 is 6.36 Å². The monoisotopic (exact) mass is 332 g/mol. The first-order valence-corrected chi connectivity index (χ1v) is 8.17. The summed E-state index contributed by atoms with van der Waals surface area (Å²) in [6.07, 6.45) is 1.50. The SMILES string of the molecule is FC(F)(F)Oc1ccc([C]2CCC2C2CCc3cccnc32)cc1. The van der Waals surface area contributed by atoms with Crippen molar-refractivity contribution in [2.75, 3.05) is 0 Å². The predicted octanol–water partition coefficient (Wildman–Crippen LogP) is 5.04. The van der Waals surface area contributed by atoms with Gasteiger partial charge in [-0.3, -0.25) is 4.98 Å². The lowest BCUT2D eigenvalue weighted by Gasteiger charge is -2.40. The fraction of sp³-hybridized carbons (Fsp3) is 0.368. The van der Waals surface area contributed by atoms with Crippen LogP contribution in [0, 0.1) is 11.8 Å². The van der Waals surface area contributed by atoms with Gasteiger partial charge in [0.2, 0.25) is 0 Å². The van der Waals surface area contributed by atoms with Gasteiger partial charge in [0.05, 0.1) is 0 Å². The van der Waals surface area contributed by atoms with Gasteiger partial charge in [-0.05, 0) is 60.9 Å². The number of halogens is 3. The average molecular weight is 332 g/mol. The third-order valence-electron chi connectivity index (χ3n) is 5.12. The number of pyridine rings is 1. The summed E-state index contributed by atoms with van der Waals surface area (Å²) in [5.74, 6) is 2.05. The zero-order chi connectivity index (χ0) is 16.7. The van der Waals surface area contributed by atoms with Gasteiger partial charge in [0.15, 0.2) is 0 Å². The smallest absolute Gasteiger partial charge is 0.406 e. The lowest BCUT2D eigenvalue weighted by atomic mass is 9.63. The summed E-state index contributed by atoms with van der Waals surface area (Å²) in [6, 6.07) is 10.4. The first-order chi connectivity index (χ1) is 11.5. The highest BCUT2D eigenvalue weighted by Gasteiger charge is 2.42. The minimum Gasteiger partial charge on any atom is -0.406 e. The summed E-state index contributed by atoms with van der Waals surface area (Å²) >= 11 is 0. The normalized spacial score (nSPS) is 23.6. The van der Waals surface area contributed by atoms with Crippen molar-refractivity contribution < 1.29 is 17.9 Å². The number of rotatable bonds is 3. The second-order valence-corrected chi connectivity index (χ2v) is 6.44. The number of benzene rings is 1. The molecule has 0 bridgehead atoms. The molecule has 0 saturated heterocycles. The number of aromatic nitrogens is 1. The van der Waals surface area contributed by atoms with E-state index in [9.17, 15) is 13.2 Å². The molecule has 1 heterocycles. The molecule has 2 aliphatic rings. The molecule has 24 heavy (non-hydrogen) atoms. The Bertz CT molecular complexity index is 726. The Morgan fingerprint density at radius 1 is 0.958 bits per heavy atom. The van der Waals surface area contributed by atoms with Crippen molar-refractivity contribution in [3.63, 3.8) is 0 Å². The lowest BCUT2D eigenvalue weighted by Crippen LogP contribution is -2.30. The molecule has 2 aliphatic carbocycles. The summed E-state index contributed by atoms with van der Waals surface area (Å²) in [5.41, 5.74) is 3.56. The Kier molecular flexibility index (Phi) is 3.74.